The summed E-state index contributed by atoms with van der Waals surface area (Å²) in [6.45, 7) is 2.05. The average Bonchev–Trinajstić information content (AvgIpc) is 2.75. The molecule has 1 unspecified atom stereocenters. The van der Waals surface area contributed by atoms with Gasteiger partial charge >= 0.3 is 0 Å². The van der Waals surface area contributed by atoms with Gasteiger partial charge in [0, 0.05) is 5.56 Å². The summed E-state index contributed by atoms with van der Waals surface area (Å²) >= 11 is 0. The summed E-state index contributed by atoms with van der Waals surface area (Å²) in [7, 11) is 0. The minimum atomic E-state index is -0.561. The molecule has 0 radical (unpaired) electrons. The van der Waals surface area contributed by atoms with E-state index >= 15 is 0 Å². The van der Waals surface area contributed by atoms with Crippen LogP contribution in [0, 0.1) is 0 Å². The zero-order valence-corrected chi connectivity index (χ0v) is 9.18. The first-order valence-electron chi connectivity index (χ1n) is 5.30. The van der Waals surface area contributed by atoms with E-state index in [9.17, 15) is 9.90 Å². The second kappa shape index (κ2) is 4.45. The molecule has 0 aromatic heterocycles. The predicted molar refractivity (Wildman–Crippen MR) is 63.2 cm³/mol. The van der Waals surface area contributed by atoms with Crippen LogP contribution in [-0.2, 0) is 0 Å². The Morgan fingerprint density at radius 1 is 1.25 bits per heavy atom. The van der Waals surface area contributed by atoms with Gasteiger partial charge in [-0.25, -0.2) is 0 Å². The third kappa shape index (κ3) is 2.12. The molecule has 1 atom stereocenters. The van der Waals surface area contributed by atoms with Gasteiger partial charge in [0.15, 0.2) is 0 Å². The fourth-order valence-corrected chi connectivity index (χ4v) is 1.85. The molecule has 2 heteroatoms. The second-order valence-electron chi connectivity index (χ2n) is 4.12. The molecule has 0 saturated carbocycles. The molecular weight excluding hydrogens is 200 g/mol. The first kappa shape index (κ1) is 10.8. The highest BCUT2D eigenvalue weighted by molar-refractivity contribution is 5.74. The molecule has 2 nitrogen and oxygen atoms in total. The molecule has 1 aromatic rings. The summed E-state index contributed by atoms with van der Waals surface area (Å²) in [4.78, 5) is 10.5. The first-order chi connectivity index (χ1) is 7.70. The highest BCUT2D eigenvalue weighted by Gasteiger charge is 2.15. The average molecular weight is 214 g/mol. The molecule has 0 spiro atoms. The summed E-state index contributed by atoms with van der Waals surface area (Å²) in [6.07, 6.45) is 5.06. The van der Waals surface area contributed by atoms with Crippen LogP contribution < -0.4 is 0 Å². The van der Waals surface area contributed by atoms with Gasteiger partial charge in [0.05, 0.1) is 0 Å². The molecule has 0 bridgehead atoms. The number of aliphatic hydroxyl groups excluding tert-OH is 1. The number of hydrogen-bond acceptors (Lipinski definition) is 2. The Morgan fingerprint density at radius 3 is 2.44 bits per heavy atom. The van der Waals surface area contributed by atoms with E-state index in [1.807, 2.05) is 19.1 Å². The van der Waals surface area contributed by atoms with Gasteiger partial charge in [0.25, 0.3) is 0 Å². The normalized spacial score (nSPS) is 16.6. The first-order valence-corrected chi connectivity index (χ1v) is 5.30. The van der Waals surface area contributed by atoms with Crippen molar-refractivity contribution in [3.63, 3.8) is 0 Å². The van der Waals surface area contributed by atoms with Gasteiger partial charge in [-0.15, -0.1) is 0 Å². The van der Waals surface area contributed by atoms with Crippen LogP contribution >= 0.6 is 0 Å². The molecule has 0 heterocycles. The summed E-state index contributed by atoms with van der Waals surface area (Å²) in [5.41, 5.74) is 3.74. The van der Waals surface area contributed by atoms with Gasteiger partial charge < -0.3 is 5.11 Å². The number of aliphatic hydroxyl groups is 1. The van der Waals surface area contributed by atoms with Crippen LogP contribution in [0.25, 0.3) is 0 Å². The quantitative estimate of drug-likeness (QED) is 0.785. The zero-order chi connectivity index (χ0) is 11.5. The van der Waals surface area contributed by atoms with Crippen molar-refractivity contribution in [3.8, 4) is 0 Å². The molecule has 1 N–H and O–H groups in total. The molecule has 0 amide bonds. The lowest BCUT2D eigenvalue weighted by Gasteiger charge is -2.12. The third-order valence-electron chi connectivity index (χ3n) is 2.80. The molecule has 2 rings (SSSR count). The molecule has 1 aromatic carbocycles. The highest BCUT2D eigenvalue weighted by atomic mass is 16.3. The zero-order valence-electron chi connectivity index (χ0n) is 9.18. The van der Waals surface area contributed by atoms with Crippen molar-refractivity contribution >= 4 is 6.29 Å². The Labute approximate surface area is 94.9 Å². The Balaban J connectivity index is 2.15. The van der Waals surface area contributed by atoms with Crippen LogP contribution in [0.4, 0.5) is 0 Å². The minimum Gasteiger partial charge on any atom is -0.384 e. The summed E-state index contributed by atoms with van der Waals surface area (Å²) in [5.74, 6) is 0. The SMILES string of the molecule is CC1=CC=C(C(O)c2ccc(C=O)cc2)C1. The van der Waals surface area contributed by atoms with E-state index < -0.39 is 6.10 Å². The topological polar surface area (TPSA) is 37.3 Å². The molecule has 16 heavy (non-hydrogen) atoms. The summed E-state index contributed by atoms with van der Waals surface area (Å²) in [5, 5.41) is 10.1. The van der Waals surface area contributed by atoms with Crippen LogP contribution in [-0.4, -0.2) is 11.4 Å². The summed E-state index contributed by atoms with van der Waals surface area (Å²) < 4.78 is 0. The van der Waals surface area contributed by atoms with Crippen LogP contribution in [0.5, 0.6) is 0 Å². The van der Waals surface area contributed by atoms with Crippen molar-refractivity contribution in [1.29, 1.82) is 0 Å². The van der Waals surface area contributed by atoms with E-state index in [1.165, 1.54) is 5.57 Å². The van der Waals surface area contributed by atoms with E-state index in [4.69, 9.17) is 0 Å². The number of allylic oxidation sites excluding steroid dienone is 3. The van der Waals surface area contributed by atoms with Gasteiger partial charge in [0.1, 0.15) is 12.4 Å². The molecule has 82 valence electrons. The van der Waals surface area contributed by atoms with Crippen molar-refractivity contribution in [2.75, 3.05) is 0 Å². The Bertz CT molecular complexity index is 452. The van der Waals surface area contributed by atoms with Gasteiger partial charge in [-0.2, -0.15) is 0 Å². The van der Waals surface area contributed by atoms with Crippen molar-refractivity contribution in [2.45, 2.75) is 19.4 Å². The molecule has 0 aliphatic heterocycles. The maximum atomic E-state index is 10.5. The smallest absolute Gasteiger partial charge is 0.150 e. The van der Waals surface area contributed by atoms with Crippen molar-refractivity contribution in [3.05, 3.63) is 58.7 Å². The molecule has 1 aliphatic carbocycles. The van der Waals surface area contributed by atoms with Crippen molar-refractivity contribution < 1.29 is 9.90 Å². The largest absolute Gasteiger partial charge is 0.384 e. The van der Waals surface area contributed by atoms with Crippen LogP contribution in [0.15, 0.2) is 47.6 Å². The lowest BCUT2D eigenvalue weighted by Crippen LogP contribution is -2.00. The van der Waals surface area contributed by atoms with Gasteiger partial charge in [0.2, 0.25) is 0 Å². The van der Waals surface area contributed by atoms with Crippen molar-refractivity contribution in [2.24, 2.45) is 0 Å². The lowest BCUT2D eigenvalue weighted by molar-refractivity contribution is 0.112. The Kier molecular flexibility index (Phi) is 3.02. The maximum Gasteiger partial charge on any atom is 0.150 e. The third-order valence-corrected chi connectivity index (χ3v) is 2.80. The van der Waals surface area contributed by atoms with Crippen LogP contribution in [0.2, 0.25) is 0 Å². The molecule has 0 saturated heterocycles. The van der Waals surface area contributed by atoms with E-state index in [0.29, 0.717) is 5.56 Å². The fourth-order valence-electron chi connectivity index (χ4n) is 1.85. The van der Waals surface area contributed by atoms with Crippen molar-refractivity contribution in [1.82, 2.24) is 0 Å². The van der Waals surface area contributed by atoms with E-state index in [1.54, 1.807) is 24.3 Å². The van der Waals surface area contributed by atoms with Gasteiger partial charge in [-0.05, 0) is 24.5 Å². The van der Waals surface area contributed by atoms with E-state index in [0.717, 1.165) is 23.8 Å². The molecular formula is C14H14O2. The number of hydrogen-bond donors (Lipinski definition) is 1. The molecule has 0 fully saturated rings. The number of carbonyl (C=O) groups is 1. The predicted octanol–water partition coefficient (Wildman–Crippen LogP) is 2.81. The Morgan fingerprint density at radius 2 is 1.94 bits per heavy atom. The van der Waals surface area contributed by atoms with Crippen LogP contribution in [0.1, 0.15) is 35.4 Å². The minimum absolute atomic E-state index is 0.561. The monoisotopic (exact) mass is 214 g/mol. The Hall–Kier alpha value is -1.67. The van der Waals surface area contributed by atoms with E-state index in [-0.39, 0.29) is 0 Å². The number of aldehydes is 1. The highest BCUT2D eigenvalue weighted by Crippen LogP contribution is 2.30. The van der Waals surface area contributed by atoms with Gasteiger partial charge in [-0.1, -0.05) is 42.0 Å². The van der Waals surface area contributed by atoms with Gasteiger partial charge in [-0.3, -0.25) is 4.79 Å². The van der Waals surface area contributed by atoms with Crippen LogP contribution in [0.3, 0.4) is 0 Å². The summed E-state index contributed by atoms with van der Waals surface area (Å²) in [6, 6.07) is 7.04. The second-order valence-corrected chi connectivity index (χ2v) is 4.12. The fraction of sp³-hybridized carbons (Fsp3) is 0.214. The number of carbonyl (C=O) groups excluding carboxylic acids is 1. The maximum absolute atomic E-state index is 10.5. The lowest BCUT2D eigenvalue weighted by atomic mass is 9.99. The number of benzene rings is 1. The number of rotatable bonds is 3. The van der Waals surface area contributed by atoms with E-state index in [2.05, 4.69) is 0 Å². The standard InChI is InChI=1S/C14H14O2/c1-10-2-5-13(8-10)14(16)12-6-3-11(9-15)4-7-12/h2-7,9,14,16H,8H2,1H3. The molecule has 1 aliphatic rings.